The van der Waals surface area contributed by atoms with Crippen molar-refractivity contribution in [3.8, 4) is 5.75 Å². The Balaban J connectivity index is 1.78. The van der Waals surface area contributed by atoms with Gasteiger partial charge in [-0.3, -0.25) is 0 Å². The number of benzene rings is 1. The van der Waals surface area contributed by atoms with Crippen molar-refractivity contribution in [2.75, 3.05) is 6.61 Å². The third kappa shape index (κ3) is 3.01. The second-order valence-corrected chi connectivity index (χ2v) is 6.67. The van der Waals surface area contributed by atoms with Gasteiger partial charge in [-0.05, 0) is 44.1 Å². The fourth-order valence-electron chi connectivity index (χ4n) is 3.81. The van der Waals surface area contributed by atoms with Crippen LogP contribution < -0.4 is 10.1 Å². The lowest BCUT2D eigenvalue weighted by Gasteiger charge is -2.31. The molecule has 1 saturated carbocycles. The van der Waals surface area contributed by atoms with Crippen molar-refractivity contribution < 1.29 is 4.74 Å². The van der Waals surface area contributed by atoms with Gasteiger partial charge in [-0.15, -0.1) is 0 Å². The van der Waals surface area contributed by atoms with Gasteiger partial charge in [0.05, 0.1) is 6.61 Å². The molecule has 1 heterocycles. The third-order valence-corrected chi connectivity index (χ3v) is 4.87. The maximum atomic E-state index is 5.98. The van der Waals surface area contributed by atoms with E-state index in [2.05, 4.69) is 37.4 Å². The highest BCUT2D eigenvalue weighted by atomic mass is 16.5. The van der Waals surface area contributed by atoms with E-state index in [1.807, 2.05) is 0 Å². The number of aryl methyl sites for hydroxylation is 1. The van der Waals surface area contributed by atoms with Crippen LogP contribution in [0.3, 0.4) is 0 Å². The third-order valence-electron chi connectivity index (χ3n) is 4.87. The van der Waals surface area contributed by atoms with Crippen LogP contribution >= 0.6 is 0 Å². The second-order valence-electron chi connectivity index (χ2n) is 6.67. The highest BCUT2D eigenvalue weighted by molar-refractivity contribution is 5.43. The average Bonchev–Trinajstić information content (AvgIpc) is 2.63. The maximum Gasteiger partial charge on any atom is 0.126 e. The molecule has 0 radical (unpaired) electrons. The predicted octanol–water partition coefficient (Wildman–Crippen LogP) is 4.38. The molecule has 3 unspecified atom stereocenters. The van der Waals surface area contributed by atoms with Gasteiger partial charge in [0.2, 0.25) is 0 Å². The SMILES string of the molecule is Cc1cccc2c1OCCCC2NC1CCCC(C)C1. The molecule has 2 aliphatic rings. The Bertz CT molecular complexity index is 457. The Kier molecular flexibility index (Phi) is 4.30. The Morgan fingerprint density at radius 3 is 2.90 bits per heavy atom. The summed E-state index contributed by atoms with van der Waals surface area (Å²) in [4.78, 5) is 0. The highest BCUT2D eigenvalue weighted by Gasteiger charge is 2.25. The number of para-hydroxylation sites is 1. The van der Waals surface area contributed by atoms with E-state index in [0.717, 1.165) is 24.7 Å². The predicted molar refractivity (Wildman–Crippen MR) is 83.2 cm³/mol. The van der Waals surface area contributed by atoms with E-state index in [9.17, 15) is 0 Å². The van der Waals surface area contributed by atoms with Gasteiger partial charge in [-0.1, -0.05) is 38.0 Å². The normalized spacial score (nSPS) is 30.2. The van der Waals surface area contributed by atoms with Crippen LogP contribution in [-0.4, -0.2) is 12.6 Å². The quantitative estimate of drug-likeness (QED) is 0.863. The topological polar surface area (TPSA) is 21.3 Å². The van der Waals surface area contributed by atoms with Gasteiger partial charge in [0.15, 0.2) is 0 Å². The molecule has 3 atom stereocenters. The van der Waals surface area contributed by atoms with Crippen LogP contribution in [0, 0.1) is 12.8 Å². The summed E-state index contributed by atoms with van der Waals surface area (Å²) in [7, 11) is 0. The Morgan fingerprint density at radius 1 is 1.15 bits per heavy atom. The summed E-state index contributed by atoms with van der Waals surface area (Å²) in [6, 6.07) is 7.74. The van der Waals surface area contributed by atoms with E-state index < -0.39 is 0 Å². The number of nitrogens with one attached hydrogen (secondary N) is 1. The number of hydrogen-bond acceptors (Lipinski definition) is 2. The van der Waals surface area contributed by atoms with Crippen molar-refractivity contribution in [1.82, 2.24) is 5.32 Å². The number of ether oxygens (including phenoxy) is 1. The first kappa shape index (κ1) is 13.9. The molecule has 1 aromatic rings. The summed E-state index contributed by atoms with van der Waals surface area (Å²) in [6.45, 7) is 5.41. The molecule has 2 heteroatoms. The van der Waals surface area contributed by atoms with Gasteiger partial charge < -0.3 is 10.1 Å². The van der Waals surface area contributed by atoms with Crippen molar-refractivity contribution in [3.05, 3.63) is 29.3 Å². The van der Waals surface area contributed by atoms with Crippen molar-refractivity contribution in [2.24, 2.45) is 5.92 Å². The molecular formula is C18H27NO. The minimum Gasteiger partial charge on any atom is -0.493 e. The zero-order valence-corrected chi connectivity index (χ0v) is 12.8. The summed E-state index contributed by atoms with van der Waals surface area (Å²) in [5.41, 5.74) is 2.65. The highest BCUT2D eigenvalue weighted by Crippen LogP contribution is 2.35. The molecule has 2 nitrogen and oxygen atoms in total. The van der Waals surface area contributed by atoms with E-state index >= 15 is 0 Å². The van der Waals surface area contributed by atoms with Crippen LogP contribution in [0.2, 0.25) is 0 Å². The van der Waals surface area contributed by atoms with E-state index in [-0.39, 0.29) is 0 Å². The van der Waals surface area contributed by atoms with Gasteiger partial charge in [0.25, 0.3) is 0 Å². The molecule has 0 bridgehead atoms. The smallest absolute Gasteiger partial charge is 0.126 e. The van der Waals surface area contributed by atoms with Crippen molar-refractivity contribution in [3.63, 3.8) is 0 Å². The lowest BCUT2D eigenvalue weighted by Crippen LogP contribution is -2.36. The molecular weight excluding hydrogens is 246 g/mol. The van der Waals surface area contributed by atoms with Crippen molar-refractivity contribution >= 4 is 0 Å². The van der Waals surface area contributed by atoms with E-state index in [0.29, 0.717) is 12.1 Å². The van der Waals surface area contributed by atoms with Crippen LogP contribution in [0.15, 0.2) is 18.2 Å². The Hall–Kier alpha value is -1.02. The minimum atomic E-state index is 0.475. The van der Waals surface area contributed by atoms with E-state index in [1.165, 1.54) is 43.2 Å². The van der Waals surface area contributed by atoms with Crippen LogP contribution in [0.25, 0.3) is 0 Å². The molecule has 0 amide bonds. The summed E-state index contributed by atoms with van der Waals surface area (Å²) in [5.74, 6) is 2.01. The molecule has 0 saturated heterocycles. The Morgan fingerprint density at radius 2 is 2.05 bits per heavy atom. The summed E-state index contributed by atoms with van der Waals surface area (Å²) in [5, 5.41) is 3.93. The zero-order valence-electron chi connectivity index (χ0n) is 12.8. The maximum absolute atomic E-state index is 5.98. The lowest BCUT2D eigenvalue weighted by atomic mass is 9.86. The lowest BCUT2D eigenvalue weighted by molar-refractivity contribution is 0.274. The van der Waals surface area contributed by atoms with Crippen molar-refractivity contribution in [1.29, 1.82) is 0 Å². The molecule has 20 heavy (non-hydrogen) atoms. The molecule has 0 spiro atoms. The molecule has 1 fully saturated rings. The summed E-state index contributed by atoms with van der Waals surface area (Å²) >= 11 is 0. The van der Waals surface area contributed by atoms with Crippen LogP contribution in [0.1, 0.15) is 62.6 Å². The second kappa shape index (κ2) is 6.17. The largest absolute Gasteiger partial charge is 0.493 e. The van der Waals surface area contributed by atoms with Gasteiger partial charge in [-0.2, -0.15) is 0 Å². The van der Waals surface area contributed by atoms with Gasteiger partial charge in [0, 0.05) is 17.6 Å². The van der Waals surface area contributed by atoms with Crippen LogP contribution in [0.4, 0.5) is 0 Å². The molecule has 1 N–H and O–H groups in total. The van der Waals surface area contributed by atoms with Crippen LogP contribution in [-0.2, 0) is 0 Å². The minimum absolute atomic E-state index is 0.475. The van der Waals surface area contributed by atoms with Crippen LogP contribution in [0.5, 0.6) is 5.75 Å². The number of hydrogen-bond donors (Lipinski definition) is 1. The molecule has 1 aliphatic carbocycles. The monoisotopic (exact) mass is 273 g/mol. The summed E-state index contributed by atoms with van der Waals surface area (Å²) < 4.78 is 5.98. The molecule has 1 aromatic carbocycles. The standard InChI is InChI=1S/C18H27NO/c1-13-6-3-8-15(12-13)19-17-10-5-11-20-18-14(2)7-4-9-16(17)18/h4,7,9,13,15,17,19H,3,5-6,8,10-12H2,1-2H3. The van der Waals surface area contributed by atoms with Gasteiger partial charge >= 0.3 is 0 Å². The fraction of sp³-hybridized carbons (Fsp3) is 0.667. The zero-order chi connectivity index (χ0) is 13.9. The first-order chi connectivity index (χ1) is 9.74. The first-order valence-electron chi connectivity index (χ1n) is 8.22. The first-order valence-corrected chi connectivity index (χ1v) is 8.22. The molecule has 3 rings (SSSR count). The average molecular weight is 273 g/mol. The summed E-state index contributed by atoms with van der Waals surface area (Å²) in [6.07, 6.45) is 7.79. The van der Waals surface area contributed by atoms with E-state index in [1.54, 1.807) is 0 Å². The molecule has 0 aromatic heterocycles. The van der Waals surface area contributed by atoms with Gasteiger partial charge in [0.1, 0.15) is 5.75 Å². The number of rotatable bonds is 2. The van der Waals surface area contributed by atoms with Gasteiger partial charge in [-0.25, -0.2) is 0 Å². The van der Waals surface area contributed by atoms with E-state index in [4.69, 9.17) is 4.74 Å². The number of fused-ring (bicyclic) bond motifs is 1. The Labute approximate surface area is 122 Å². The van der Waals surface area contributed by atoms with Crippen molar-refractivity contribution in [2.45, 2.75) is 64.5 Å². The fourth-order valence-corrected chi connectivity index (χ4v) is 3.81. The molecule has 110 valence electrons. The molecule has 1 aliphatic heterocycles.